The number of nitrogens with zero attached hydrogens (tertiary/aromatic N) is 3. The SMILES string of the molecule is COc1ccccc1Nc1ncc2c(n1)CCN(Cc1sccc1C)C2. The molecule has 0 saturated carbocycles. The van der Waals surface area contributed by atoms with Gasteiger partial charge in [-0.2, -0.15) is 0 Å². The van der Waals surface area contributed by atoms with Gasteiger partial charge in [-0.15, -0.1) is 11.3 Å². The zero-order valence-electron chi connectivity index (χ0n) is 15.0. The summed E-state index contributed by atoms with van der Waals surface area (Å²) in [6, 6.07) is 9.99. The number of aromatic nitrogens is 2. The topological polar surface area (TPSA) is 50.3 Å². The summed E-state index contributed by atoms with van der Waals surface area (Å²) in [6.07, 6.45) is 2.90. The number of aryl methyl sites for hydroxylation is 1. The van der Waals surface area contributed by atoms with Gasteiger partial charge in [-0.25, -0.2) is 9.97 Å². The zero-order valence-corrected chi connectivity index (χ0v) is 15.8. The van der Waals surface area contributed by atoms with E-state index in [4.69, 9.17) is 9.72 Å². The number of rotatable bonds is 5. The molecule has 134 valence electrons. The van der Waals surface area contributed by atoms with E-state index in [1.807, 2.05) is 41.8 Å². The molecule has 0 aliphatic carbocycles. The first kappa shape index (κ1) is 17.0. The number of ether oxygens (including phenoxy) is 1. The fourth-order valence-electron chi connectivity index (χ4n) is 3.21. The smallest absolute Gasteiger partial charge is 0.227 e. The standard InChI is InChI=1S/C20H22N4OS/c1-14-8-10-26-19(14)13-24-9-7-16-15(12-24)11-21-20(22-16)23-17-5-3-4-6-18(17)25-2/h3-6,8,10-11H,7,9,12-13H2,1-2H3,(H,21,22,23). The molecule has 0 amide bonds. The molecule has 0 radical (unpaired) electrons. The summed E-state index contributed by atoms with van der Waals surface area (Å²) in [4.78, 5) is 13.2. The number of nitrogens with one attached hydrogen (secondary N) is 1. The summed E-state index contributed by atoms with van der Waals surface area (Å²) in [7, 11) is 1.66. The highest BCUT2D eigenvalue weighted by molar-refractivity contribution is 7.10. The summed E-state index contributed by atoms with van der Waals surface area (Å²) in [6.45, 7) is 5.11. The minimum Gasteiger partial charge on any atom is -0.495 e. The van der Waals surface area contributed by atoms with Crippen molar-refractivity contribution in [1.29, 1.82) is 0 Å². The third-order valence-electron chi connectivity index (χ3n) is 4.70. The van der Waals surface area contributed by atoms with E-state index >= 15 is 0 Å². The van der Waals surface area contributed by atoms with Crippen molar-refractivity contribution in [3.8, 4) is 5.75 Å². The molecule has 5 nitrogen and oxygen atoms in total. The molecular weight excluding hydrogens is 344 g/mol. The molecule has 0 atom stereocenters. The second-order valence-corrected chi connectivity index (χ2v) is 7.48. The maximum Gasteiger partial charge on any atom is 0.227 e. The summed E-state index contributed by atoms with van der Waals surface area (Å²) < 4.78 is 5.38. The highest BCUT2D eigenvalue weighted by Crippen LogP contribution is 2.27. The van der Waals surface area contributed by atoms with Gasteiger partial charge in [0.1, 0.15) is 5.75 Å². The van der Waals surface area contributed by atoms with Gasteiger partial charge in [-0.05, 0) is 36.1 Å². The summed E-state index contributed by atoms with van der Waals surface area (Å²) in [5.74, 6) is 1.40. The molecule has 1 N–H and O–H groups in total. The molecule has 0 unspecified atom stereocenters. The van der Waals surface area contributed by atoms with Gasteiger partial charge in [-0.1, -0.05) is 12.1 Å². The van der Waals surface area contributed by atoms with Crippen LogP contribution in [0.15, 0.2) is 41.9 Å². The number of fused-ring (bicyclic) bond motifs is 1. The van der Waals surface area contributed by atoms with E-state index in [1.54, 1.807) is 7.11 Å². The number of thiophene rings is 1. The highest BCUT2D eigenvalue weighted by atomic mass is 32.1. The fourth-order valence-corrected chi connectivity index (χ4v) is 4.15. The molecule has 1 aromatic carbocycles. The van der Waals surface area contributed by atoms with Crippen LogP contribution in [-0.2, 0) is 19.5 Å². The van der Waals surface area contributed by atoms with E-state index in [0.29, 0.717) is 5.95 Å². The average molecular weight is 366 g/mol. The van der Waals surface area contributed by atoms with Gasteiger partial charge in [-0.3, -0.25) is 4.90 Å². The molecule has 4 rings (SSSR count). The lowest BCUT2D eigenvalue weighted by atomic mass is 10.1. The molecular formula is C20H22N4OS. The van der Waals surface area contributed by atoms with E-state index in [0.717, 1.165) is 43.2 Å². The zero-order chi connectivity index (χ0) is 17.9. The van der Waals surface area contributed by atoms with Crippen LogP contribution in [0.25, 0.3) is 0 Å². The van der Waals surface area contributed by atoms with E-state index < -0.39 is 0 Å². The first-order valence-corrected chi connectivity index (χ1v) is 9.61. The molecule has 0 spiro atoms. The Morgan fingerprint density at radius 2 is 2.15 bits per heavy atom. The summed E-state index contributed by atoms with van der Waals surface area (Å²) in [5, 5.41) is 5.44. The number of benzene rings is 1. The second-order valence-electron chi connectivity index (χ2n) is 6.48. The molecule has 6 heteroatoms. The van der Waals surface area contributed by atoms with Gasteiger partial charge in [0.2, 0.25) is 5.95 Å². The van der Waals surface area contributed by atoms with Crippen LogP contribution < -0.4 is 10.1 Å². The number of para-hydroxylation sites is 2. The molecule has 0 bridgehead atoms. The maximum absolute atomic E-state index is 5.38. The highest BCUT2D eigenvalue weighted by Gasteiger charge is 2.19. The molecule has 1 aliphatic heterocycles. The lowest BCUT2D eigenvalue weighted by Gasteiger charge is -2.27. The minimum absolute atomic E-state index is 0.621. The first-order chi connectivity index (χ1) is 12.7. The van der Waals surface area contributed by atoms with Crippen LogP contribution >= 0.6 is 11.3 Å². The molecule has 3 heterocycles. The van der Waals surface area contributed by atoms with E-state index in [9.17, 15) is 0 Å². The van der Waals surface area contributed by atoms with Crippen LogP contribution in [0.5, 0.6) is 5.75 Å². The van der Waals surface area contributed by atoms with Crippen molar-refractivity contribution in [2.24, 2.45) is 0 Å². The van der Waals surface area contributed by atoms with Crippen LogP contribution in [0.3, 0.4) is 0 Å². The number of hydrogen-bond acceptors (Lipinski definition) is 6. The monoisotopic (exact) mass is 366 g/mol. The van der Waals surface area contributed by atoms with Crippen LogP contribution in [0.1, 0.15) is 21.7 Å². The molecule has 0 fully saturated rings. The van der Waals surface area contributed by atoms with Crippen LogP contribution in [-0.4, -0.2) is 28.5 Å². The molecule has 0 saturated heterocycles. The van der Waals surface area contributed by atoms with Crippen molar-refractivity contribution in [3.63, 3.8) is 0 Å². The van der Waals surface area contributed by atoms with Gasteiger partial charge in [0.05, 0.1) is 18.5 Å². The molecule has 2 aromatic heterocycles. The van der Waals surface area contributed by atoms with Gasteiger partial charge in [0.25, 0.3) is 0 Å². The number of anilines is 2. The fraction of sp³-hybridized carbons (Fsp3) is 0.300. The number of hydrogen-bond donors (Lipinski definition) is 1. The van der Waals surface area contributed by atoms with Crippen LogP contribution in [0.2, 0.25) is 0 Å². The van der Waals surface area contributed by atoms with E-state index in [1.165, 1.54) is 16.0 Å². The van der Waals surface area contributed by atoms with Crippen molar-refractivity contribution in [1.82, 2.24) is 14.9 Å². The molecule has 3 aromatic rings. The third kappa shape index (κ3) is 3.57. The summed E-state index contributed by atoms with van der Waals surface area (Å²) in [5.41, 5.74) is 4.61. The second kappa shape index (κ2) is 7.43. The van der Waals surface area contributed by atoms with Gasteiger partial charge in [0.15, 0.2) is 0 Å². The third-order valence-corrected chi connectivity index (χ3v) is 5.71. The Morgan fingerprint density at radius 3 is 2.96 bits per heavy atom. The Morgan fingerprint density at radius 1 is 1.27 bits per heavy atom. The lowest BCUT2D eigenvalue weighted by Crippen LogP contribution is -2.30. The van der Waals surface area contributed by atoms with Crippen molar-refractivity contribution in [3.05, 3.63) is 63.6 Å². The van der Waals surface area contributed by atoms with Crippen molar-refractivity contribution >= 4 is 23.0 Å². The Hall–Kier alpha value is -2.44. The van der Waals surface area contributed by atoms with E-state index in [2.05, 4.69) is 33.6 Å². The first-order valence-electron chi connectivity index (χ1n) is 8.73. The largest absolute Gasteiger partial charge is 0.495 e. The Bertz CT molecular complexity index is 908. The Balaban J connectivity index is 1.48. The normalized spacial score (nSPS) is 14.1. The Kier molecular flexibility index (Phi) is 4.86. The lowest BCUT2D eigenvalue weighted by molar-refractivity contribution is 0.244. The minimum atomic E-state index is 0.621. The number of methoxy groups -OCH3 is 1. The van der Waals surface area contributed by atoms with Crippen LogP contribution in [0.4, 0.5) is 11.6 Å². The average Bonchev–Trinajstić information content (AvgIpc) is 3.07. The Labute approximate surface area is 157 Å². The summed E-state index contributed by atoms with van der Waals surface area (Å²) >= 11 is 1.84. The van der Waals surface area contributed by atoms with Gasteiger partial charge < -0.3 is 10.1 Å². The molecule has 1 aliphatic rings. The van der Waals surface area contributed by atoms with Gasteiger partial charge >= 0.3 is 0 Å². The van der Waals surface area contributed by atoms with E-state index in [-0.39, 0.29) is 0 Å². The quantitative estimate of drug-likeness (QED) is 0.735. The molecule has 26 heavy (non-hydrogen) atoms. The van der Waals surface area contributed by atoms with Gasteiger partial charge in [0, 0.05) is 42.7 Å². The van der Waals surface area contributed by atoms with Crippen molar-refractivity contribution in [2.75, 3.05) is 19.0 Å². The van der Waals surface area contributed by atoms with Crippen LogP contribution in [0, 0.1) is 6.92 Å². The predicted molar refractivity (Wildman–Crippen MR) is 105 cm³/mol. The maximum atomic E-state index is 5.38. The van der Waals surface area contributed by atoms with Crippen molar-refractivity contribution in [2.45, 2.75) is 26.4 Å². The van der Waals surface area contributed by atoms with Crippen molar-refractivity contribution < 1.29 is 4.74 Å². The predicted octanol–water partition coefficient (Wildman–Crippen LogP) is 4.16.